The van der Waals surface area contributed by atoms with Gasteiger partial charge in [-0.1, -0.05) is 18.2 Å². The lowest BCUT2D eigenvalue weighted by atomic mass is 9.82. The molecule has 0 bridgehead atoms. The lowest BCUT2D eigenvalue weighted by Crippen LogP contribution is -2.61. The number of benzene rings is 2. The normalized spacial score (nSPS) is 22.9. The molecule has 0 aliphatic carbocycles. The molecule has 0 unspecified atom stereocenters. The van der Waals surface area contributed by atoms with Crippen LogP contribution in [0.2, 0.25) is 0 Å². The number of amides is 1. The number of carbonyl (C=O) groups excluding carboxylic acids is 1. The van der Waals surface area contributed by atoms with Crippen LogP contribution in [0.3, 0.4) is 0 Å². The molecule has 3 heterocycles. The lowest BCUT2D eigenvalue weighted by molar-refractivity contribution is -0.137. The van der Waals surface area contributed by atoms with Gasteiger partial charge in [-0.25, -0.2) is 0 Å². The Kier molecular flexibility index (Phi) is 6.88. The van der Waals surface area contributed by atoms with Crippen LogP contribution in [-0.2, 0) is 22.1 Å². The van der Waals surface area contributed by atoms with Crippen LogP contribution in [0.5, 0.6) is 0 Å². The van der Waals surface area contributed by atoms with Crippen LogP contribution in [0.15, 0.2) is 48.5 Å². The molecule has 2 aromatic rings. The Morgan fingerprint density at radius 3 is 2.54 bits per heavy atom. The number of carbonyl (C=O) groups is 1. The van der Waals surface area contributed by atoms with Gasteiger partial charge in [0.05, 0.1) is 30.7 Å². The molecule has 0 aromatic heterocycles. The molecule has 0 saturated carbocycles. The molecule has 6 nitrogen and oxygen atoms in total. The first-order valence-electron chi connectivity index (χ1n) is 12.2. The summed E-state index contributed by atoms with van der Waals surface area (Å²) in [6.45, 7) is 6.36. The Balaban J connectivity index is 1.36. The summed E-state index contributed by atoms with van der Waals surface area (Å²) in [6.07, 6.45) is -4.11. The van der Waals surface area contributed by atoms with Crippen molar-refractivity contribution in [1.29, 1.82) is 0 Å². The molecule has 5 rings (SSSR count). The highest BCUT2D eigenvalue weighted by Gasteiger charge is 2.42. The van der Waals surface area contributed by atoms with Gasteiger partial charge in [0.1, 0.15) is 0 Å². The van der Waals surface area contributed by atoms with Gasteiger partial charge in [-0.05, 0) is 42.3 Å². The molecule has 0 radical (unpaired) electrons. The fourth-order valence-electron chi connectivity index (χ4n) is 5.47. The second kappa shape index (κ2) is 10.1. The molecule has 1 N–H and O–H groups in total. The summed E-state index contributed by atoms with van der Waals surface area (Å²) in [5.74, 6) is -0.520. The van der Waals surface area contributed by atoms with E-state index in [2.05, 4.69) is 32.1 Å². The quantitative estimate of drug-likeness (QED) is 0.701. The molecular formula is C26H31F3N4O2. The van der Waals surface area contributed by atoms with Crippen molar-refractivity contribution in [3.63, 3.8) is 0 Å². The van der Waals surface area contributed by atoms with Crippen molar-refractivity contribution in [3.05, 3.63) is 59.7 Å². The fourth-order valence-corrected chi connectivity index (χ4v) is 5.47. The second-order valence-electron chi connectivity index (χ2n) is 9.44. The molecule has 2 aromatic carbocycles. The first-order chi connectivity index (χ1) is 16.9. The average molecular weight is 489 g/mol. The van der Waals surface area contributed by atoms with Crippen LogP contribution in [0.25, 0.3) is 0 Å². The van der Waals surface area contributed by atoms with Gasteiger partial charge in [-0.3, -0.25) is 9.69 Å². The minimum absolute atomic E-state index is 0.0915. The van der Waals surface area contributed by atoms with Crippen LogP contribution < -0.4 is 15.1 Å². The minimum atomic E-state index is -4.41. The third kappa shape index (κ3) is 5.26. The first-order valence-corrected chi connectivity index (χ1v) is 12.2. The Hall–Kier alpha value is -2.78. The number of fused-ring (bicyclic) bond motifs is 3. The van der Waals surface area contributed by atoms with E-state index in [1.165, 1.54) is 6.07 Å². The van der Waals surface area contributed by atoms with Gasteiger partial charge >= 0.3 is 6.18 Å². The highest BCUT2D eigenvalue weighted by Crippen LogP contribution is 2.40. The van der Waals surface area contributed by atoms with Crippen molar-refractivity contribution in [1.82, 2.24) is 10.2 Å². The van der Waals surface area contributed by atoms with E-state index in [-0.39, 0.29) is 11.9 Å². The number of morpholine rings is 1. The van der Waals surface area contributed by atoms with Crippen molar-refractivity contribution in [2.75, 3.05) is 68.8 Å². The summed E-state index contributed by atoms with van der Waals surface area (Å²) in [6, 6.07) is 13.9. The van der Waals surface area contributed by atoms with Gasteiger partial charge in [0.15, 0.2) is 0 Å². The summed E-state index contributed by atoms with van der Waals surface area (Å²) in [5.41, 5.74) is 1.84. The Labute approximate surface area is 203 Å². The number of anilines is 2. The van der Waals surface area contributed by atoms with Crippen molar-refractivity contribution < 1.29 is 22.7 Å². The number of halogens is 3. The van der Waals surface area contributed by atoms with Crippen molar-refractivity contribution in [2.45, 2.75) is 18.6 Å². The Bertz CT molecular complexity index is 1030. The number of piperazine rings is 1. The minimum Gasteiger partial charge on any atom is -0.379 e. The number of para-hydroxylation sites is 1. The number of nitrogens with one attached hydrogen (secondary N) is 1. The van der Waals surface area contributed by atoms with Gasteiger partial charge in [-0.2, -0.15) is 13.2 Å². The van der Waals surface area contributed by atoms with Gasteiger partial charge in [0, 0.05) is 57.2 Å². The lowest BCUT2D eigenvalue weighted by Gasteiger charge is -2.49. The predicted molar refractivity (Wildman–Crippen MR) is 129 cm³/mol. The van der Waals surface area contributed by atoms with Gasteiger partial charge in [0.25, 0.3) is 0 Å². The van der Waals surface area contributed by atoms with Gasteiger partial charge < -0.3 is 19.9 Å². The maximum absolute atomic E-state index is 13.4. The molecule has 2 saturated heterocycles. The summed E-state index contributed by atoms with van der Waals surface area (Å²) in [5, 5.41) is 3.07. The van der Waals surface area contributed by atoms with E-state index in [4.69, 9.17) is 4.74 Å². The predicted octanol–water partition coefficient (Wildman–Crippen LogP) is 3.02. The first kappa shape index (κ1) is 23.9. The van der Waals surface area contributed by atoms with E-state index in [1.807, 2.05) is 18.2 Å². The number of rotatable bonds is 5. The third-order valence-electron chi connectivity index (χ3n) is 7.33. The topological polar surface area (TPSA) is 48.1 Å². The van der Waals surface area contributed by atoms with Crippen LogP contribution in [0.4, 0.5) is 24.5 Å². The number of ether oxygens (including phenoxy) is 1. The van der Waals surface area contributed by atoms with Crippen LogP contribution >= 0.6 is 0 Å². The molecular weight excluding hydrogens is 457 g/mol. The summed E-state index contributed by atoms with van der Waals surface area (Å²) >= 11 is 0. The summed E-state index contributed by atoms with van der Waals surface area (Å²) in [4.78, 5) is 20.1. The number of nitrogens with zero attached hydrogens (tertiary/aromatic N) is 3. The van der Waals surface area contributed by atoms with Gasteiger partial charge in [-0.15, -0.1) is 0 Å². The SMILES string of the molecule is O=C(NCCN1CCOCC1)[C@H]1Cc2cc(C(F)(F)F)ccc2N2CCN(c3ccccc3)C[C@H]12. The highest BCUT2D eigenvalue weighted by atomic mass is 19.4. The van der Waals surface area contributed by atoms with E-state index >= 15 is 0 Å². The number of hydrogen-bond donors (Lipinski definition) is 1. The van der Waals surface area contributed by atoms with E-state index in [1.54, 1.807) is 6.07 Å². The Morgan fingerprint density at radius 1 is 1.03 bits per heavy atom. The van der Waals surface area contributed by atoms with Crippen molar-refractivity contribution >= 4 is 17.3 Å². The molecule has 3 aliphatic rings. The molecule has 3 aliphatic heterocycles. The molecule has 188 valence electrons. The maximum Gasteiger partial charge on any atom is 0.416 e. The monoisotopic (exact) mass is 488 g/mol. The number of alkyl halides is 3. The largest absolute Gasteiger partial charge is 0.416 e. The van der Waals surface area contributed by atoms with Crippen molar-refractivity contribution in [3.8, 4) is 0 Å². The molecule has 35 heavy (non-hydrogen) atoms. The fraction of sp³-hybridized carbons (Fsp3) is 0.500. The van der Waals surface area contributed by atoms with E-state index < -0.39 is 17.7 Å². The zero-order valence-corrected chi connectivity index (χ0v) is 19.6. The van der Waals surface area contributed by atoms with Crippen LogP contribution in [0, 0.1) is 5.92 Å². The standard InChI is InChI=1S/C26H31F3N4O2/c27-26(28,29)20-6-7-23-19(16-20)17-22(25(34)30-8-9-31-12-14-35-15-13-31)24-18-32(10-11-33(23)24)21-4-2-1-3-5-21/h1-7,16,22,24H,8-15,17-18H2,(H,30,34)/t22-,24+/m0/s1. The maximum atomic E-state index is 13.4. The summed E-state index contributed by atoms with van der Waals surface area (Å²) < 4.78 is 45.6. The molecule has 2 atom stereocenters. The van der Waals surface area contributed by atoms with Gasteiger partial charge in [0.2, 0.25) is 5.91 Å². The number of hydrogen-bond acceptors (Lipinski definition) is 5. The smallest absolute Gasteiger partial charge is 0.379 e. The molecule has 0 spiro atoms. The zero-order chi connectivity index (χ0) is 24.4. The average Bonchev–Trinajstić information content (AvgIpc) is 2.88. The Morgan fingerprint density at radius 2 is 1.80 bits per heavy atom. The molecule has 9 heteroatoms. The van der Waals surface area contributed by atoms with Crippen molar-refractivity contribution in [2.24, 2.45) is 5.92 Å². The van der Waals surface area contributed by atoms with E-state index in [9.17, 15) is 18.0 Å². The molecule has 2 fully saturated rings. The summed E-state index contributed by atoms with van der Waals surface area (Å²) in [7, 11) is 0. The third-order valence-corrected chi connectivity index (χ3v) is 7.33. The van der Waals surface area contributed by atoms with E-state index in [0.29, 0.717) is 44.8 Å². The van der Waals surface area contributed by atoms with E-state index in [0.717, 1.165) is 43.6 Å². The van der Waals surface area contributed by atoms with Crippen LogP contribution in [-0.4, -0.2) is 75.9 Å². The molecule has 1 amide bonds. The zero-order valence-electron chi connectivity index (χ0n) is 19.6. The highest BCUT2D eigenvalue weighted by molar-refractivity contribution is 5.82. The second-order valence-corrected chi connectivity index (χ2v) is 9.44. The van der Waals surface area contributed by atoms with Crippen LogP contribution in [0.1, 0.15) is 11.1 Å².